The predicted octanol–water partition coefficient (Wildman–Crippen LogP) is 3.54. The average Bonchev–Trinajstić information content (AvgIpc) is 3.18. The fourth-order valence-electron chi connectivity index (χ4n) is 5.51. The van der Waals surface area contributed by atoms with Crippen molar-refractivity contribution < 1.29 is 9.53 Å². The first-order chi connectivity index (χ1) is 12.2. The van der Waals surface area contributed by atoms with E-state index in [0.717, 1.165) is 12.8 Å². The monoisotopic (exact) mass is 330 g/mol. The third kappa shape index (κ3) is 1.39. The summed E-state index contributed by atoms with van der Waals surface area (Å²) < 4.78 is 5.11. The number of amides is 1. The second-order valence-electron chi connectivity index (χ2n) is 7.48. The van der Waals surface area contributed by atoms with Gasteiger partial charge in [-0.1, -0.05) is 42.5 Å². The SMILES string of the molecule is O=C1OCCN1/C=C1/C[C@@]23Cc4ccccc4[C@]12Nc1ccccc13. The number of nitrogens with one attached hydrogen (secondary N) is 1. The normalized spacial score (nSPS) is 32.4. The van der Waals surface area contributed by atoms with Gasteiger partial charge in [0.2, 0.25) is 0 Å². The maximum atomic E-state index is 11.9. The van der Waals surface area contributed by atoms with Gasteiger partial charge in [0.15, 0.2) is 0 Å². The number of rotatable bonds is 1. The van der Waals surface area contributed by atoms with Crippen molar-refractivity contribution in [2.24, 2.45) is 0 Å². The van der Waals surface area contributed by atoms with Crippen molar-refractivity contribution in [2.75, 3.05) is 18.5 Å². The van der Waals surface area contributed by atoms with E-state index in [1.165, 1.54) is 28.0 Å². The summed E-state index contributed by atoms with van der Waals surface area (Å²) in [4.78, 5) is 13.7. The van der Waals surface area contributed by atoms with Crippen LogP contribution in [0.5, 0.6) is 0 Å². The van der Waals surface area contributed by atoms with Crippen molar-refractivity contribution in [1.29, 1.82) is 0 Å². The molecule has 2 atom stereocenters. The first kappa shape index (κ1) is 13.5. The van der Waals surface area contributed by atoms with Crippen LogP contribution in [-0.2, 0) is 22.1 Å². The fraction of sp³-hybridized carbons (Fsp3) is 0.286. The lowest BCUT2D eigenvalue weighted by atomic mass is 9.51. The number of carbonyl (C=O) groups excluding carboxylic acids is 1. The quantitative estimate of drug-likeness (QED) is 0.869. The Kier molecular flexibility index (Phi) is 2.30. The van der Waals surface area contributed by atoms with Crippen LogP contribution in [-0.4, -0.2) is 24.1 Å². The van der Waals surface area contributed by atoms with Crippen LogP contribution in [0.15, 0.2) is 60.3 Å². The Morgan fingerprint density at radius 3 is 2.68 bits per heavy atom. The smallest absolute Gasteiger partial charge is 0.413 e. The Morgan fingerprint density at radius 2 is 1.84 bits per heavy atom. The molecule has 4 nitrogen and oxygen atoms in total. The number of anilines is 1. The summed E-state index contributed by atoms with van der Waals surface area (Å²) in [6, 6.07) is 17.4. The molecule has 2 aliphatic carbocycles. The van der Waals surface area contributed by atoms with Gasteiger partial charge < -0.3 is 10.1 Å². The molecule has 0 radical (unpaired) electrons. The number of cyclic esters (lactones) is 1. The van der Waals surface area contributed by atoms with Crippen LogP contribution in [0.2, 0.25) is 0 Å². The average molecular weight is 330 g/mol. The number of benzene rings is 2. The molecule has 4 aliphatic rings. The van der Waals surface area contributed by atoms with Gasteiger partial charge in [-0.2, -0.15) is 0 Å². The van der Waals surface area contributed by atoms with Gasteiger partial charge in [0.05, 0.1) is 12.1 Å². The lowest BCUT2D eigenvalue weighted by Gasteiger charge is -2.54. The molecule has 0 aromatic heterocycles. The summed E-state index contributed by atoms with van der Waals surface area (Å²) in [5.41, 5.74) is 6.55. The molecule has 2 aliphatic heterocycles. The minimum absolute atomic E-state index is 0.0722. The van der Waals surface area contributed by atoms with E-state index < -0.39 is 0 Å². The van der Waals surface area contributed by atoms with E-state index in [1.807, 2.05) is 6.20 Å². The first-order valence-electron chi connectivity index (χ1n) is 8.85. The van der Waals surface area contributed by atoms with Crippen LogP contribution >= 0.6 is 0 Å². The van der Waals surface area contributed by atoms with Crippen molar-refractivity contribution in [3.05, 3.63) is 77.0 Å². The number of carbonyl (C=O) groups is 1. The van der Waals surface area contributed by atoms with E-state index in [2.05, 4.69) is 53.8 Å². The molecule has 0 unspecified atom stereocenters. The van der Waals surface area contributed by atoms with Crippen molar-refractivity contribution >= 4 is 11.8 Å². The van der Waals surface area contributed by atoms with Gasteiger partial charge in [0, 0.05) is 17.3 Å². The molecular weight excluding hydrogens is 312 g/mol. The Bertz CT molecular complexity index is 966. The molecule has 2 heterocycles. The Morgan fingerprint density at radius 1 is 1.04 bits per heavy atom. The molecule has 1 saturated heterocycles. The maximum Gasteiger partial charge on any atom is 0.413 e. The van der Waals surface area contributed by atoms with Gasteiger partial charge in [-0.25, -0.2) is 4.79 Å². The van der Waals surface area contributed by atoms with E-state index >= 15 is 0 Å². The van der Waals surface area contributed by atoms with Crippen molar-refractivity contribution in [3.8, 4) is 0 Å². The molecule has 1 saturated carbocycles. The second-order valence-corrected chi connectivity index (χ2v) is 7.48. The van der Waals surface area contributed by atoms with Gasteiger partial charge in [-0.05, 0) is 41.2 Å². The highest BCUT2D eigenvalue weighted by Crippen LogP contribution is 2.72. The molecule has 2 fully saturated rings. The topological polar surface area (TPSA) is 41.6 Å². The third-order valence-corrected chi connectivity index (χ3v) is 6.47. The summed E-state index contributed by atoms with van der Waals surface area (Å²) in [6.07, 6.45) is 3.84. The molecule has 6 rings (SSSR count). The number of hydrogen-bond donors (Lipinski definition) is 1. The Labute approximate surface area is 146 Å². The van der Waals surface area contributed by atoms with Crippen LogP contribution in [0.4, 0.5) is 10.5 Å². The van der Waals surface area contributed by atoms with Crippen molar-refractivity contribution in [1.82, 2.24) is 4.90 Å². The number of hydrogen-bond acceptors (Lipinski definition) is 3. The zero-order valence-electron chi connectivity index (χ0n) is 13.8. The van der Waals surface area contributed by atoms with E-state index in [0.29, 0.717) is 13.2 Å². The summed E-state index contributed by atoms with van der Waals surface area (Å²) in [5.74, 6) is 0. The highest BCUT2D eigenvalue weighted by Gasteiger charge is 2.71. The summed E-state index contributed by atoms with van der Waals surface area (Å²) in [7, 11) is 0. The van der Waals surface area contributed by atoms with Gasteiger partial charge in [-0.3, -0.25) is 4.90 Å². The standard InChI is InChI=1S/C21H18N2O2/c24-19-23(9-10-25-19)13-15-12-20-11-14-5-1-2-6-16(14)21(15,20)22-18-8-4-3-7-17(18)20/h1-8,13,22H,9-12H2/b15-13-/t20-,21-/m1/s1. The van der Waals surface area contributed by atoms with Crippen LogP contribution in [0.3, 0.4) is 0 Å². The highest BCUT2D eigenvalue weighted by atomic mass is 16.6. The second kappa shape index (κ2) is 4.26. The highest BCUT2D eigenvalue weighted by molar-refractivity contribution is 5.79. The molecule has 2 aromatic carbocycles. The number of para-hydroxylation sites is 1. The lowest BCUT2D eigenvalue weighted by molar-refractivity contribution is 0.164. The molecule has 1 amide bonds. The number of ether oxygens (including phenoxy) is 1. The molecule has 0 spiro atoms. The van der Waals surface area contributed by atoms with Gasteiger partial charge in [0.1, 0.15) is 6.61 Å². The van der Waals surface area contributed by atoms with Crippen LogP contribution in [0, 0.1) is 0 Å². The van der Waals surface area contributed by atoms with E-state index in [9.17, 15) is 4.79 Å². The zero-order chi connectivity index (χ0) is 16.6. The molecule has 1 N–H and O–H groups in total. The first-order valence-corrected chi connectivity index (χ1v) is 8.85. The maximum absolute atomic E-state index is 11.9. The van der Waals surface area contributed by atoms with Gasteiger partial charge in [-0.15, -0.1) is 0 Å². The van der Waals surface area contributed by atoms with E-state index in [1.54, 1.807) is 4.90 Å². The molecule has 4 heteroatoms. The fourth-order valence-corrected chi connectivity index (χ4v) is 5.51. The summed E-state index contributed by atoms with van der Waals surface area (Å²) >= 11 is 0. The molecular formula is C21H18N2O2. The van der Waals surface area contributed by atoms with Crippen LogP contribution in [0.1, 0.15) is 23.1 Å². The third-order valence-electron chi connectivity index (χ3n) is 6.47. The zero-order valence-corrected chi connectivity index (χ0v) is 13.8. The van der Waals surface area contributed by atoms with Crippen LogP contribution in [0.25, 0.3) is 0 Å². The predicted molar refractivity (Wildman–Crippen MR) is 94.3 cm³/mol. The minimum Gasteiger partial charge on any atom is -0.447 e. The number of nitrogens with zero attached hydrogens (tertiary/aromatic N) is 1. The molecule has 0 bridgehead atoms. The van der Waals surface area contributed by atoms with Gasteiger partial charge in [0.25, 0.3) is 0 Å². The summed E-state index contributed by atoms with van der Waals surface area (Å²) in [6.45, 7) is 1.12. The number of fused-ring (bicyclic) bond motifs is 2. The van der Waals surface area contributed by atoms with Gasteiger partial charge >= 0.3 is 6.09 Å². The van der Waals surface area contributed by atoms with Crippen molar-refractivity contribution in [2.45, 2.75) is 23.8 Å². The molecule has 124 valence electrons. The molecule has 25 heavy (non-hydrogen) atoms. The Balaban J connectivity index is 1.56. The largest absolute Gasteiger partial charge is 0.447 e. The van der Waals surface area contributed by atoms with E-state index in [4.69, 9.17) is 4.74 Å². The lowest BCUT2D eigenvalue weighted by Crippen LogP contribution is -2.58. The molecule has 2 aromatic rings. The minimum atomic E-state index is -0.233. The van der Waals surface area contributed by atoms with Crippen molar-refractivity contribution in [3.63, 3.8) is 0 Å². The Hall–Kier alpha value is -2.75. The van der Waals surface area contributed by atoms with Crippen LogP contribution < -0.4 is 5.32 Å². The van der Waals surface area contributed by atoms with E-state index in [-0.39, 0.29) is 17.0 Å². The summed E-state index contributed by atoms with van der Waals surface area (Å²) in [5, 5.41) is 3.85.